The van der Waals surface area contributed by atoms with Crippen LogP contribution in [0.5, 0.6) is 0 Å². The Bertz CT molecular complexity index is 638. The molecule has 0 bridgehead atoms. The van der Waals surface area contributed by atoms with Gasteiger partial charge in [-0.25, -0.2) is 8.78 Å². The number of benzene rings is 1. The lowest BCUT2D eigenvalue weighted by atomic mass is 10.2. The third-order valence-corrected chi connectivity index (χ3v) is 3.55. The van der Waals surface area contributed by atoms with E-state index >= 15 is 0 Å². The fourth-order valence-corrected chi connectivity index (χ4v) is 2.27. The number of nitrogens with one attached hydrogen (secondary N) is 2. The van der Waals surface area contributed by atoms with Gasteiger partial charge in [0, 0.05) is 32.1 Å². The van der Waals surface area contributed by atoms with E-state index < -0.39 is 17.5 Å². The van der Waals surface area contributed by atoms with Crippen LogP contribution in [-0.2, 0) is 9.59 Å². The molecular formula is C18H25F2N3O3. The van der Waals surface area contributed by atoms with Crippen molar-refractivity contribution in [1.82, 2.24) is 15.5 Å². The zero-order valence-electron chi connectivity index (χ0n) is 15.1. The first kappa shape index (κ1) is 21.5. The molecule has 8 heteroatoms. The normalized spacial score (nSPS) is 10.3. The Morgan fingerprint density at radius 1 is 1.04 bits per heavy atom. The van der Waals surface area contributed by atoms with E-state index in [0.29, 0.717) is 25.6 Å². The Hall–Kier alpha value is -2.51. The molecule has 0 fully saturated rings. The van der Waals surface area contributed by atoms with Gasteiger partial charge in [-0.05, 0) is 25.0 Å². The highest BCUT2D eigenvalue weighted by molar-refractivity contribution is 5.94. The molecule has 144 valence electrons. The summed E-state index contributed by atoms with van der Waals surface area (Å²) < 4.78 is 26.4. The molecule has 0 spiro atoms. The molecule has 0 aliphatic carbocycles. The van der Waals surface area contributed by atoms with Gasteiger partial charge < -0.3 is 15.5 Å². The Balaban J connectivity index is 2.51. The smallest absolute Gasteiger partial charge is 0.254 e. The monoisotopic (exact) mass is 369 g/mol. The fraction of sp³-hybridized carbons (Fsp3) is 0.500. The number of hydrogen-bond donors (Lipinski definition) is 2. The van der Waals surface area contributed by atoms with Gasteiger partial charge in [-0.2, -0.15) is 0 Å². The van der Waals surface area contributed by atoms with E-state index in [4.69, 9.17) is 0 Å². The third-order valence-electron chi connectivity index (χ3n) is 3.55. The summed E-state index contributed by atoms with van der Waals surface area (Å²) >= 11 is 0. The Morgan fingerprint density at radius 2 is 1.77 bits per heavy atom. The summed E-state index contributed by atoms with van der Waals surface area (Å²) in [7, 11) is 0. The minimum Gasteiger partial charge on any atom is -0.355 e. The van der Waals surface area contributed by atoms with Crippen LogP contribution in [0.4, 0.5) is 8.78 Å². The number of nitrogens with zero attached hydrogens (tertiary/aromatic N) is 1. The van der Waals surface area contributed by atoms with Crippen LogP contribution in [0, 0.1) is 11.6 Å². The van der Waals surface area contributed by atoms with Gasteiger partial charge in [0.1, 0.15) is 11.6 Å². The highest BCUT2D eigenvalue weighted by Gasteiger charge is 2.17. The van der Waals surface area contributed by atoms with Gasteiger partial charge in [-0.1, -0.05) is 13.8 Å². The largest absolute Gasteiger partial charge is 0.355 e. The van der Waals surface area contributed by atoms with Gasteiger partial charge in [0.15, 0.2) is 0 Å². The molecule has 1 aromatic rings. The summed E-state index contributed by atoms with van der Waals surface area (Å²) in [5, 5.41) is 5.13. The van der Waals surface area contributed by atoms with Gasteiger partial charge in [-0.3, -0.25) is 14.4 Å². The molecule has 0 saturated carbocycles. The summed E-state index contributed by atoms with van der Waals surface area (Å²) in [5.74, 6) is -2.97. The van der Waals surface area contributed by atoms with E-state index in [1.165, 1.54) is 4.90 Å². The van der Waals surface area contributed by atoms with Crippen LogP contribution in [0.1, 0.15) is 43.5 Å². The molecule has 0 aliphatic heterocycles. The second-order valence-electron chi connectivity index (χ2n) is 5.80. The van der Waals surface area contributed by atoms with Crippen LogP contribution in [0.25, 0.3) is 0 Å². The molecule has 0 atom stereocenters. The summed E-state index contributed by atoms with van der Waals surface area (Å²) in [4.78, 5) is 37.3. The zero-order valence-corrected chi connectivity index (χ0v) is 15.1. The average molecular weight is 369 g/mol. The van der Waals surface area contributed by atoms with Crippen molar-refractivity contribution in [2.75, 3.05) is 26.2 Å². The second-order valence-corrected chi connectivity index (χ2v) is 5.80. The molecule has 26 heavy (non-hydrogen) atoms. The van der Waals surface area contributed by atoms with Crippen molar-refractivity contribution in [3.63, 3.8) is 0 Å². The number of halogens is 2. The highest BCUT2D eigenvalue weighted by atomic mass is 19.1. The lowest BCUT2D eigenvalue weighted by Gasteiger charge is -2.21. The third kappa shape index (κ3) is 7.16. The standard InChI is InChI=1S/C18H25F2N3O3/c1-3-8-21-16(24)12-23(10-4-2)17(25)7-9-22-18(26)14-6-5-13(19)11-15(14)20/h5-6,11H,3-4,7-10,12H2,1-2H3,(H,21,24)(H,22,26). The Morgan fingerprint density at radius 3 is 2.38 bits per heavy atom. The first-order valence-corrected chi connectivity index (χ1v) is 8.66. The molecule has 0 aromatic heterocycles. The fourth-order valence-electron chi connectivity index (χ4n) is 2.27. The van der Waals surface area contributed by atoms with Crippen LogP contribution >= 0.6 is 0 Å². The van der Waals surface area contributed by atoms with E-state index in [2.05, 4.69) is 10.6 Å². The van der Waals surface area contributed by atoms with E-state index in [9.17, 15) is 23.2 Å². The molecule has 0 aliphatic rings. The SMILES string of the molecule is CCCNC(=O)CN(CCC)C(=O)CCNC(=O)c1ccc(F)cc1F. The lowest BCUT2D eigenvalue weighted by molar-refractivity contribution is -0.136. The molecular weight excluding hydrogens is 344 g/mol. The number of rotatable bonds is 10. The maximum Gasteiger partial charge on any atom is 0.254 e. The maximum atomic E-state index is 13.5. The van der Waals surface area contributed by atoms with Crippen LogP contribution in [0.3, 0.4) is 0 Å². The molecule has 2 N–H and O–H groups in total. The second kappa shape index (κ2) is 11.2. The summed E-state index contributed by atoms with van der Waals surface area (Å²) in [6, 6.07) is 2.66. The van der Waals surface area contributed by atoms with Crippen molar-refractivity contribution in [1.29, 1.82) is 0 Å². The van der Waals surface area contributed by atoms with Crippen molar-refractivity contribution in [2.45, 2.75) is 33.1 Å². The van der Waals surface area contributed by atoms with Gasteiger partial charge >= 0.3 is 0 Å². The molecule has 0 heterocycles. The molecule has 1 aromatic carbocycles. The number of hydrogen-bond acceptors (Lipinski definition) is 3. The number of carbonyl (C=O) groups excluding carboxylic acids is 3. The van der Waals surface area contributed by atoms with Crippen molar-refractivity contribution >= 4 is 17.7 Å². The minimum absolute atomic E-state index is 0.00865. The minimum atomic E-state index is -0.964. The topological polar surface area (TPSA) is 78.5 Å². The molecule has 6 nitrogen and oxygen atoms in total. The molecule has 1 rings (SSSR count). The van der Waals surface area contributed by atoms with Gasteiger partial charge in [-0.15, -0.1) is 0 Å². The highest BCUT2D eigenvalue weighted by Crippen LogP contribution is 2.09. The first-order chi connectivity index (χ1) is 12.4. The maximum absolute atomic E-state index is 13.5. The number of amides is 3. The summed E-state index contributed by atoms with van der Waals surface area (Å²) in [5.41, 5.74) is -0.289. The van der Waals surface area contributed by atoms with E-state index in [0.717, 1.165) is 18.6 Å². The predicted octanol–water partition coefficient (Wildman–Crippen LogP) is 1.85. The van der Waals surface area contributed by atoms with Crippen LogP contribution in [0.15, 0.2) is 18.2 Å². The van der Waals surface area contributed by atoms with Crippen molar-refractivity contribution in [2.24, 2.45) is 0 Å². The van der Waals surface area contributed by atoms with Gasteiger partial charge in [0.25, 0.3) is 5.91 Å². The zero-order chi connectivity index (χ0) is 19.5. The predicted molar refractivity (Wildman–Crippen MR) is 93.5 cm³/mol. The van der Waals surface area contributed by atoms with Gasteiger partial charge in [0.05, 0.1) is 12.1 Å². The van der Waals surface area contributed by atoms with E-state index in [-0.39, 0.29) is 36.9 Å². The Labute approximate surface area is 151 Å². The summed E-state index contributed by atoms with van der Waals surface area (Å²) in [6.07, 6.45) is 1.48. The van der Waals surface area contributed by atoms with Gasteiger partial charge in [0.2, 0.25) is 11.8 Å². The first-order valence-electron chi connectivity index (χ1n) is 8.66. The van der Waals surface area contributed by atoms with E-state index in [1.54, 1.807) is 0 Å². The summed E-state index contributed by atoms with van der Waals surface area (Å²) in [6.45, 7) is 4.76. The molecule has 0 radical (unpaired) electrons. The lowest BCUT2D eigenvalue weighted by Crippen LogP contribution is -2.42. The molecule has 3 amide bonds. The molecule has 0 saturated heterocycles. The molecule has 0 unspecified atom stereocenters. The van der Waals surface area contributed by atoms with Crippen molar-refractivity contribution in [3.8, 4) is 0 Å². The quantitative estimate of drug-likeness (QED) is 0.661. The van der Waals surface area contributed by atoms with Crippen LogP contribution < -0.4 is 10.6 Å². The van der Waals surface area contributed by atoms with E-state index in [1.807, 2.05) is 13.8 Å². The number of carbonyl (C=O) groups is 3. The Kier molecular flexibility index (Phi) is 9.25. The van der Waals surface area contributed by atoms with Crippen LogP contribution in [-0.4, -0.2) is 48.8 Å². The van der Waals surface area contributed by atoms with Crippen molar-refractivity contribution < 1.29 is 23.2 Å². The van der Waals surface area contributed by atoms with Crippen molar-refractivity contribution in [3.05, 3.63) is 35.4 Å². The van der Waals surface area contributed by atoms with Crippen LogP contribution in [0.2, 0.25) is 0 Å². The average Bonchev–Trinajstić information content (AvgIpc) is 2.59.